The lowest BCUT2D eigenvalue weighted by molar-refractivity contribution is 0.0205. The van der Waals surface area contributed by atoms with E-state index in [9.17, 15) is 0 Å². The predicted molar refractivity (Wildman–Crippen MR) is 87.8 cm³/mol. The molecule has 0 radical (unpaired) electrons. The van der Waals surface area contributed by atoms with Gasteiger partial charge in [0, 0.05) is 40.5 Å². The third-order valence-electron chi connectivity index (χ3n) is 3.74. The SMILES string of the molecule is CN=C(NCCCOCC1CC1)NCC(OC)C(C)(C)C. The monoisotopic (exact) mass is 299 g/mol. The Balaban J connectivity index is 2.10. The molecule has 0 heterocycles. The lowest BCUT2D eigenvalue weighted by Gasteiger charge is -2.30. The van der Waals surface area contributed by atoms with Gasteiger partial charge in [-0.05, 0) is 30.6 Å². The Hall–Kier alpha value is -0.810. The highest BCUT2D eigenvalue weighted by Gasteiger charge is 2.24. The summed E-state index contributed by atoms with van der Waals surface area (Å²) in [6, 6.07) is 0. The first-order valence-corrected chi connectivity index (χ1v) is 8.02. The Labute approximate surface area is 129 Å². The van der Waals surface area contributed by atoms with Crippen LogP contribution in [0.5, 0.6) is 0 Å². The second kappa shape index (κ2) is 9.26. The molecule has 0 aromatic rings. The Morgan fingerprint density at radius 2 is 2.00 bits per heavy atom. The van der Waals surface area contributed by atoms with Crippen LogP contribution in [0.15, 0.2) is 4.99 Å². The molecule has 0 aromatic carbocycles. The predicted octanol–water partition coefficient (Wildman–Crippen LogP) is 2.03. The van der Waals surface area contributed by atoms with Crippen LogP contribution in [-0.4, -0.2) is 52.5 Å². The van der Waals surface area contributed by atoms with Crippen molar-refractivity contribution >= 4 is 5.96 Å². The van der Waals surface area contributed by atoms with Crippen LogP contribution in [0.3, 0.4) is 0 Å². The van der Waals surface area contributed by atoms with Gasteiger partial charge in [0.15, 0.2) is 5.96 Å². The molecule has 5 nitrogen and oxygen atoms in total. The maximum Gasteiger partial charge on any atom is 0.191 e. The maximum atomic E-state index is 5.61. The summed E-state index contributed by atoms with van der Waals surface area (Å²) in [5, 5.41) is 6.63. The molecule has 1 rings (SSSR count). The highest BCUT2D eigenvalue weighted by Crippen LogP contribution is 2.28. The maximum absolute atomic E-state index is 5.61. The molecule has 2 N–H and O–H groups in total. The van der Waals surface area contributed by atoms with Gasteiger partial charge in [0.25, 0.3) is 0 Å². The molecular formula is C16H33N3O2. The molecule has 0 bridgehead atoms. The van der Waals surface area contributed by atoms with Crippen LogP contribution in [0.2, 0.25) is 0 Å². The number of guanidine groups is 1. The molecule has 0 spiro atoms. The quantitative estimate of drug-likeness (QED) is 0.388. The summed E-state index contributed by atoms with van der Waals surface area (Å²) < 4.78 is 11.1. The van der Waals surface area contributed by atoms with Crippen molar-refractivity contribution in [2.45, 2.75) is 46.1 Å². The molecule has 1 fully saturated rings. The summed E-state index contributed by atoms with van der Waals surface area (Å²) in [6.45, 7) is 9.91. The number of aliphatic imine (C=N–C) groups is 1. The van der Waals surface area contributed by atoms with Crippen molar-refractivity contribution in [2.75, 3.05) is 40.5 Å². The van der Waals surface area contributed by atoms with E-state index >= 15 is 0 Å². The van der Waals surface area contributed by atoms with Crippen molar-refractivity contribution in [1.82, 2.24) is 10.6 Å². The summed E-state index contributed by atoms with van der Waals surface area (Å²) >= 11 is 0. The van der Waals surface area contributed by atoms with Crippen LogP contribution >= 0.6 is 0 Å². The average Bonchev–Trinajstić information content (AvgIpc) is 3.23. The van der Waals surface area contributed by atoms with Crippen molar-refractivity contribution in [3.63, 3.8) is 0 Å². The lowest BCUT2D eigenvalue weighted by Crippen LogP contribution is -2.45. The second-order valence-corrected chi connectivity index (χ2v) is 6.84. The Morgan fingerprint density at radius 1 is 1.29 bits per heavy atom. The molecule has 124 valence electrons. The summed E-state index contributed by atoms with van der Waals surface area (Å²) in [5.74, 6) is 1.67. The lowest BCUT2D eigenvalue weighted by atomic mass is 9.89. The molecule has 0 amide bonds. The minimum absolute atomic E-state index is 0.108. The summed E-state index contributed by atoms with van der Waals surface area (Å²) in [6.07, 6.45) is 3.85. The molecular weight excluding hydrogens is 266 g/mol. The number of ether oxygens (including phenoxy) is 2. The van der Waals surface area contributed by atoms with Crippen LogP contribution < -0.4 is 10.6 Å². The number of rotatable bonds is 9. The first kappa shape index (κ1) is 18.2. The number of nitrogens with one attached hydrogen (secondary N) is 2. The average molecular weight is 299 g/mol. The molecule has 1 unspecified atom stereocenters. The molecule has 0 aliphatic heterocycles. The zero-order valence-corrected chi connectivity index (χ0v) is 14.4. The summed E-state index contributed by atoms with van der Waals surface area (Å²) in [7, 11) is 3.54. The highest BCUT2D eigenvalue weighted by atomic mass is 16.5. The Bertz CT molecular complexity index is 309. The first-order valence-electron chi connectivity index (χ1n) is 8.02. The fourth-order valence-electron chi connectivity index (χ4n) is 2.07. The molecule has 0 aromatic heterocycles. The van der Waals surface area contributed by atoms with Gasteiger partial charge in [0.1, 0.15) is 0 Å². The number of hydrogen-bond donors (Lipinski definition) is 2. The van der Waals surface area contributed by atoms with Crippen molar-refractivity contribution in [3.05, 3.63) is 0 Å². The van der Waals surface area contributed by atoms with Crippen LogP contribution in [0.1, 0.15) is 40.0 Å². The zero-order chi connectivity index (χ0) is 15.7. The van der Waals surface area contributed by atoms with E-state index in [1.165, 1.54) is 12.8 Å². The van der Waals surface area contributed by atoms with Gasteiger partial charge in [0.2, 0.25) is 0 Å². The zero-order valence-electron chi connectivity index (χ0n) is 14.4. The van der Waals surface area contributed by atoms with Crippen molar-refractivity contribution in [1.29, 1.82) is 0 Å². The fourth-order valence-corrected chi connectivity index (χ4v) is 2.07. The Morgan fingerprint density at radius 3 is 2.52 bits per heavy atom. The van der Waals surface area contributed by atoms with E-state index in [0.717, 1.165) is 44.6 Å². The van der Waals surface area contributed by atoms with Gasteiger partial charge in [0.05, 0.1) is 6.10 Å². The summed E-state index contributed by atoms with van der Waals surface area (Å²) in [4.78, 5) is 4.23. The molecule has 5 heteroatoms. The first-order chi connectivity index (χ1) is 9.97. The molecule has 21 heavy (non-hydrogen) atoms. The minimum Gasteiger partial charge on any atom is -0.381 e. The van der Waals surface area contributed by atoms with Gasteiger partial charge in [-0.2, -0.15) is 0 Å². The standard InChI is InChI=1S/C16H33N3O2/c1-16(2,3)14(20-5)11-19-15(17-4)18-9-6-10-21-12-13-7-8-13/h13-14H,6-12H2,1-5H3,(H2,17,18,19). The molecule has 0 saturated heterocycles. The van der Waals surface area contributed by atoms with Crippen molar-refractivity contribution < 1.29 is 9.47 Å². The summed E-state index contributed by atoms with van der Waals surface area (Å²) in [5.41, 5.74) is 0.108. The Kier molecular flexibility index (Phi) is 8.04. The highest BCUT2D eigenvalue weighted by molar-refractivity contribution is 5.79. The van der Waals surface area contributed by atoms with Gasteiger partial charge in [-0.15, -0.1) is 0 Å². The van der Waals surface area contributed by atoms with E-state index in [2.05, 4.69) is 36.4 Å². The third-order valence-corrected chi connectivity index (χ3v) is 3.74. The smallest absolute Gasteiger partial charge is 0.191 e. The fraction of sp³-hybridized carbons (Fsp3) is 0.938. The molecule has 1 aliphatic rings. The van der Waals surface area contributed by atoms with E-state index in [-0.39, 0.29) is 11.5 Å². The normalized spacial score (nSPS) is 17.7. The number of methoxy groups -OCH3 is 1. The molecule has 1 atom stereocenters. The third kappa shape index (κ3) is 8.27. The topological polar surface area (TPSA) is 54.9 Å². The van der Waals surface area contributed by atoms with Crippen LogP contribution in [-0.2, 0) is 9.47 Å². The molecule has 1 saturated carbocycles. The van der Waals surface area contributed by atoms with Gasteiger partial charge in [-0.1, -0.05) is 20.8 Å². The van der Waals surface area contributed by atoms with Crippen molar-refractivity contribution in [3.8, 4) is 0 Å². The second-order valence-electron chi connectivity index (χ2n) is 6.84. The van der Waals surface area contributed by atoms with E-state index in [0.29, 0.717) is 0 Å². The van der Waals surface area contributed by atoms with E-state index in [1.54, 1.807) is 14.2 Å². The van der Waals surface area contributed by atoms with E-state index in [4.69, 9.17) is 9.47 Å². The van der Waals surface area contributed by atoms with Gasteiger partial charge < -0.3 is 20.1 Å². The van der Waals surface area contributed by atoms with E-state index in [1.807, 2.05) is 0 Å². The number of nitrogens with zero attached hydrogens (tertiary/aromatic N) is 1. The molecule has 1 aliphatic carbocycles. The van der Waals surface area contributed by atoms with Crippen LogP contribution in [0, 0.1) is 11.3 Å². The number of hydrogen-bond acceptors (Lipinski definition) is 3. The van der Waals surface area contributed by atoms with E-state index < -0.39 is 0 Å². The van der Waals surface area contributed by atoms with Crippen molar-refractivity contribution in [2.24, 2.45) is 16.3 Å². The van der Waals surface area contributed by atoms with Gasteiger partial charge in [-0.3, -0.25) is 4.99 Å². The van der Waals surface area contributed by atoms with Crippen LogP contribution in [0.4, 0.5) is 0 Å². The van der Waals surface area contributed by atoms with Gasteiger partial charge in [-0.25, -0.2) is 0 Å². The van der Waals surface area contributed by atoms with Crippen LogP contribution in [0.25, 0.3) is 0 Å². The largest absolute Gasteiger partial charge is 0.381 e. The minimum atomic E-state index is 0.108. The van der Waals surface area contributed by atoms with Gasteiger partial charge >= 0.3 is 0 Å².